The summed E-state index contributed by atoms with van der Waals surface area (Å²) in [5.74, 6) is 2.06. The summed E-state index contributed by atoms with van der Waals surface area (Å²) in [6.07, 6.45) is 2.51. The number of nitrogens with zero attached hydrogens (tertiary/aromatic N) is 2. The number of carbonyl (C=O) groups is 1. The van der Waals surface area contributed by atoms with Gasteiger partial charge in [0.05, 0.1) is 24.3 Å². The monoisotopic (exact) mass is 319 g/mol. The number of ether oxygens (including phenoxy) is 1. The molecule has 6 nitrogen and oxygen atoms in total. The highest BCUT2D eigenvalue weighted by atomic mass is 16.5. The van der Waals surface area contributed by atoms with Gasteiger partial charge in [-0.3, -0.25) is 9.69 Å². The number of amides is 1. The Balaban J connectivity index is 1.46. The normalized spacial score (nSPS) is 30.6. The topological polar surface area (TPSA) is 67.6 Å². The maximum absolute atomic E-state index is 12.8. The molecule has 1 aromatic heterocycles. The molecule has 3 aliphatic rings. The summed E-state index contributed by atoms with van der Waals surface area (Å²) < 4.78 is 10.9. The summed E-state index contributed by atoms with van der Waals surface area (Å²) in [5.41, 5.74) is 1.73. The maximum Gasteiger partial charge on any atom is 0.230 e. The lowest BCUT2D eigenvalue weighted by Crippen LogP contribution is -2.47. The Bertz CT molecular complexity index is 591. The van der Waals surface area contributed by atoms with Crippen LogP contribution in [-0.2, 0) is 16.1 Å². The molecule has 126 valence electrons. The van der Waals surface area contributed by atoms with Crippen LogP contribution in [-0.4, -0.2) is 48.8 Å². The lowest BCUT2D eigenvalue weighted by atomic mass is 9.80. The predicted molar refractivity (Wildman–Crippen MR) is 83.7 cm³/mol. The van der Waals surface area contributed by atoms with Crippen LogP contribution >= 0.6 is 0 Å². The van der Waals surface area contributed by atoms with Crippen molar-refractivity contribution < 1.29 is 14.1 Å². The molecule has 1 amide bonds. The van der Waals surface area contributed by atoms with Gasteiger partial charge in [0, 0.05) is 37.7 Å². The fourth-order valence-electron chi connectivity index (χ4n) is 3.97. The van der Waals surface area contributed by atoms with Crippen LogP contribution in [0.5, 0.6) is 0 Å². The minimum Gasteiger partial charge on any atom is -0.380 e. The van der Waals surface area contributed by atoms with Crippen molar-refractivity contribution >= 4 is 5.91 Å². The zero-order valence-electron chi connectivity index (χ0n) is 13.9. The van der Waals surface area contributed by atoms with E-state index in [4.69, 9.17) is 9.26 Å². The van der Waals surface area contributed by atoms with Gasteiger partial charge in [0.15, 0.2) is 0 Å². The van der Waals surface area contributed by atoms with E-state index < -0.39 is 0 Å². The summed E-state index contributed by atoms with van der Waals surface area (Å²) >= 11 is 0. The second-order valence-electron chi connectivity index (χ2n) is 7.49. The third-order valence-corrected chi connectivity index (χ3v) is 5.71. The smallest absolute Gasteiger partial charge is 0.230 e. The van der Waals surface area contributed by atoms with Crippen LogP contribution in [0.15, 0.2) is 4.52 Å². The Hall–Kier alpha value is -1.40. The molecular weight excluding hydrogens is 294 g/mol. The minimum atomic E-state index is -0.367. The highest BCUT2D eigenvalue weighted by Gasteiger charge is 2.55. The third kappa shape index (κ3) is 2.68. The van der Waals surface area contributed by atoms with Crippen molar-refractivity contribution in [3.8, 4) is 0 Å². The fourth-order valence-corrected chi connectivity index (χ4v) is 3.97. The zero-order chi connectivity index (χ0) is 16.0. The Kier molecular flexibility index (Phi) is 3.69. The molecule has 2 aliphatic heterocycles. The van der Waals surface area contributed by atoms with Crippen LogP contribution in [0, 0.1) is 31.1 Å². The second kappa shape index (κ2) is 5.60. The number of hydrogen-bond donors (Lipinski definition) is 1. The van der Waals surface area contributed by atoms with Gasteiger partial charge in [-0.1, -0.05) is 5.16 Å². The summed E-state index contributed by atoms with van der Waals surface area (Å²) in [6.45, 7) is 8.46. The van der Waals surface area contributed by atoms with Gasteiger partial charge in [-0.25, -0.2) is 0 Å². The standard InChI is InChI=1S/C17H25N3O3/c1-11-15(12(2)23-19-11)7-20-6-14-8-22-10-17(14,9-20)16(21)18-5-13-3-4-13/h13-14H,3-10H2,1-2H3,(H,18,21)/t14-,17-/m1/s1. The molecule has 4 rings (SSSR count). The van der Waals surface area contributed by atoms with Crippen LogP contribution in [0.25, 0.3) is 0 Å². The number of hydrogen-bond acceptors (Lipinski definition) is 5. The Labute approximate surface area is 136 Å². The van der Waals surface area contributed by atoms with E-state index in [0.29, 0.717) is 25.0 Å². The molecule has 0 aromatic carbocycles. The van der Waals surface area contributed by atoms with Gasteiger partial charge in [0.1, 0.15) is 5.76 Å². The lowest BCUT2D eigenvalue weighted by Gasteiger charge is -2.26. The van der Waals surface area contributed by atoms with Crippen LogP contribution in [0.4, 0.5) is 0 Å². The van der Waals surface area contributed by atoms with Crippen molar-refractivity contribution in [3.05, 3.63) is 17.0 Å². The molecule has 2 saturated heterocycles. The van der Waals surface area contributed by atoms with Crippen molar-refractivity contribution in [3.63, 3.8) is 0 Å². The van der Waals surface area contributed by atoms with Crippen LogP contribution in [0.2, 0.25) is 0 Å². The van der Waals surface area contributed by atoms with E-state index in [2.05, 4.69) is 15.4 Å². The van der Waals surface area contributed by atoms with E-state index in [9.17, 15) is 4.79 Å². The third-order valence-electron chi connectivity index (χ3n) is 5.71. The molecule has 0 spiro atoms. The average Bonchev–Trinajstić information content (AvgIpc) is 3.06. The predicted octanol–water partition coefficient (Wildman–Crippen LogP) is 1.27. The first-order valence-corrected chi connectivity index (χ1v) is 8.58. The van der Waals surface area contributed by atoms with Gasteiger partial charge < -0.3 is 14.6 Å². The van der Waals surface area contributed by atoms with Crippen molar-refractivity contribution in [2.45, 2.75) is 33.2 Å². The number of nitrogens with one attached hydrogen (secondary N) is 1. The van der Waals surface area contributed by atoms with Crippen molar-refractivity contribution in [2.24, 2.45) is 17.3 Å². The molecule has 23 heavy (non-hydrogen) atoms. The van der Waals surface area contributed by atoms with E-state index in [1.807, 2.05) is 13.8 Å². The van der Waals surface area contributed by atoms with Crippen molar-refractivity contribution in [1.82, 2.24) is 15.4 Å². The van der Waals surface area contributed by atoms with Gasteiger partial charge in [-0.15, -0.1) is 0 Å². The van der Waals surface area contributed by atoms with Gasteiger partial charge in [0.25, 0.3) is 0 Å². The number of carbonyl (C=O) groups excluding carboxylic acids is 1. The van der Waals surface area contributed by atoms with Crippen LogP contribution < -0.4 is 5.32 Å². The van der Waals surface area contributed by atoms with Crippen molar-refractivity contribution in [1.29, 1.82) is 0 Å². The first-order valence-electron chi connectivity index (χ1n) is 8.58. The van der Waals surface area contributed by atoms with E-state index in [-0.39, 0.29) is 11.3 Å². The molecule has 1 N–H and O–H groups in total. The van der Waals surface area contributed by atoms with Gasteiger partial charge in [-0.2, -0.15) is 0 Å². The van der Waals surface area contributed by atoms with Gasteiger partial charge in [-0.05, 0) is 32.6 Å². The highest BCUT2D eigenvalue weighted by Crippen LogP contribution is 2.42. The van der Waals surface area contributed by atoms with E-state index in [0.717, 1.165) is 43.2 Å². The number of rotatable bonds is 5. The molecule has 0 bridgehead atoms. The maximum atomic E-state index is 12.8. The summed E-state index contributed by atoms with van der Waals surface area (Å²) in [6, 6.07) is 0. The summed E-state index contributed by atoms with van der Waals surface area (Å²) in [7, 11) is 0. The second-order valence-corrected chi connectivity index (χ2v) is 7.49. The minimum absolute atomic E-state index is 0.188. The van der Waals surface area contributed by atoms with E-state index >= 15 is 0 Å². The first kappa shape index (κ1) is 15.1. The average molecular weight is 319 g/mol. The Morgan fingerprint density at radius 1 is 1.43 bits per heavy atom. The first-order chi connectivity index (χ1) is 11.1. The molecule has 2 atom stereocenters. The van der Waals surface area contributed by atoms with E-state index in [1.54, 1.807) is 0 Å². The fraction of sp³-hybridized carbons (Fsp3) is 0.765. The number of fused-ring (bicyclic) bond motifs is 1. The van der Waals surface area contributed by atoms with Gasteiger partial charge >= 0.3 is 0 Å². The molecule has 0 radical (unpaired) electrons. The molecule has 1 saturated carbocycles. The Morgan fingerprint density at radius 3 is 2.96 bits per heavy atom. The summed E-state index contributed by atoms with van der Waals surface area (Å²) in [4.78, 5) is 15.2. The van der Waals surface area contributed by atoms with Crippen LogP contribution in [0.3, 0.4) is 0 Å². The SMILES string of the molecule is Cc1noc(C)c1CN1C[C@@H]2COC[C@]2(C(=O)NCC2CC2)C1. The number of likely N-dealkylation sites (tertiary alicyclic amines) is 1. The van der Waals surface area contributed by atoms with E-state index in [1.165, 1.54) is 12.8 Å². The highest BCUT2D eigenvalue weighted by molar-refractivity contribution is 5.84. The molecular formula is C17H25N3O3. The quantitative estimate of drug-likeness (QED) is 0.885. The number of aryl methyl sites for hydroxylation is 2. The molecule has 3 heterocycles. The molecule has 3 fully saturated rings. The summed E-state index contributed by atoms with van der Waals surface area (Å²) in [5, 5.41) is 7.21. The molecule has 6 heteroatoms. The van der Waals surface area contributed by atoms with Crippen molar-refractivity contribution in [2.75, 3.05) is 32.8 Å². The largest absolute Gasteiger partial charge is 0.380 e. The molecule has 1 aliphatic carbocycles. The zero-order valence-corrected chi connectivity index (χ0v) is 13.9. The molecule has 0 unspecified atom stereocenters. The van der Waals surface area contributed by atoms with Gasteiger partial charge in [0.2, 0.25) is 5.91 Å². The number of aromatic nitrogens is 1. The lowest BCUT2D eigenvalue weighted by molar-refractivity contribution is -0.131. The Morgan fingerprint density at radius 2 is 2.26 bits per heavy atom. The van der Waals surface area contributed by atoms with Crippen LogP contribution in [0.1, 0.15) is 29.9 Å². The molecule has 1 aromatic rings.